The molecule has 116 valence electrons. The Morgan fingerprint density at radius 2 is 1.08 bits per heavy atom. The van der Waals surface area contributed by atoms with Crippen LogP contribution in [-0.2, 0) is 0 Å². The molecule has 0 saturated carbocycles. The lowest BCUT2D eigenvalue weighted by molar-refractivity contribution is 0.173. The molecule has 2 aliphatic rings. The van der Waals surface area contributed by atoms with Crippen molar-refractivity contribution in [2.45, 2.75) is 0 Å². The minimum absolute atomic E-state index is 0.265. The van der Waals surface area contributed by atoms with E-state index in [2.05, 4.69) is 23.7 Å². The van der Waals surface area contributed by atoms with Crippen LogP contribution in [0.1, 0.15) is 11.1 Å². The lowest BCUT2D eigenvalue weighted by Crippen LogP contribution is -1.92. The third-order valence-corrected chi connectivity index (χ3v) is 3.43. The molecule has 0 aliphatic carbocycles. The Hall–Kier alpha value is -3.50. The van der Waals surface area contributed by atoms with Crippen LogP contribution in [0.4, 0.5) is 0 Å². The number of fused-ring (bicyclic) bond motifs is 2. The van der Waals surface area contributed by atoms with E-state index in [4.69, 9.17) is 18.9 Å². The molecule has 0 aromatic heterocycles. The fourth-order valence-corrected chi connectivity index (χ4v) is 2.28. The maximum atomic E-state index is 5.32. The number of hydrogen-bond acceptors (Lipinski definition) is 4. The van der Waals surface area contributed by atoms with Crippen LogP contribution in [0.25, 0.3) is 0 Å². The first-order valence-corrected chi connectivity index (χ1v) is 7.36. The molecular weight excluding hydrogens is 304 g/mol. The standard InChI is InChI=1S/C20H12O4/c1(3-5-15-7-9-17-19(11-15)23-13-21-17)2-4-6-16-8-10-18-20(12-16)24-14-22-18/h1-2,7-12H,13-14H2/b2-1-. The van der Waals surface area contributed by atoms with E-state index in [0.29, 0.717) is 0 Å². The highest BCUT2D eigenvalue weighted by molar-refractivity contribution is 5.51. The molecule has 2 aromatic carbocycles. The van der Waals surface area contributed by atoms with Gasteiger partial charge in [0, 0.05) is 11.1 Å². The molecule has 0 amide bonds. The van der Waals surface area contributed by atoms with Gasteiger partial charge in [0.1, 0.15) is 0 Å². The van der Waals surface area contributed by atoms with Gasteiger partial charge in [0.2, 0.25) is 13.6 Å². The second kappa shape index (κ2) is 6.32. The van der Waals surface area contributed by atoms with Gasteiger partial charge in [-0.2, -0.15) is 0 Å². The highest BCUT2D eigenvalue weighted by Gasteiger charge is 2.12. The average Bonchev–Trinajstić information content (AvgIpc) is 3.25. The van der Waals surface area contributed by atoms with Crippen molar-refractivity contribution in [1.29, 1.82) is 0 Å². The van der Waals surface area contributed by atoms with E-state index in [0.717, 1.165) is 34.1 Å². The lowest BCUT2D eigenvalue weighted by Gasteiger charge is -1.94. The summed E-state index contributed by atoms with van der Waals surface area (Å²) in [5, 5.41) is 0. The number of allylic oxidation sites excluding steroid dienone is 2. The lowest BCUT2D eigenvalue weighted by atomic mass is 10.2. The topological polar surface area (TPSA) is 36.9 Å². The SMILES string of the molecule is C(#Cc1ccc2c(c1)OCO2)/C=C\C#Cc1ccc2c(c1)OCO2. The Bertz CT molecular complexity index is 858. The molecule has 0 N–H and O–H groups in total. The fourth-order valence-electron chi connectivity index (χ4n) is 2.28. The van der Waals surface area contributed by atoms with Crippen molar-refractivity contribution in [3.05, 3.63) is 59.7 Å². The van der Waals surface area contributed by atoms with Gasteiger partial charge in [-0.1, -0.05) is 23.7 Å². The second-order valence-corrected chi connectivity index (χ2v) is 5.01. The van der Waals surface area contributed by atoms with Crippen LogP contribution in [0.3, 0.4) is 0 Å². The quantitative estimate of drug-likeness (QED) is 0.700. The maximum Gasteiger partial charge on any atom is 0.231 e. The zero-order valence-electron chi connectivity index (χ0n) is 12.7. The number of rotatable bonds is 0. The molecule has 24 heavy (non-hydrogen) atoms. The van der Waals surface area contributed by atoms with Crippen LogP contribution in [0, 0.1) is 23.7 Å². The second-order valence-electron chi connectivity index (χ2n) is 5.01. The van der Waals surface area contributed by atoms with E-state index in [9.17, 15) is 0 Å². The molecule has 0 unspecified atom stereocenters. The normalized spacial score (nSPS) is 13.2. The van der Waals surface area contributed by atoms with Gasteiger partial charge in [-0.05, 0) is 48.6 Å². The maximum absolute atomic E-state index is 5.32. The summed E-state index contributed by atoms with van der Waals surface area (Å²) in [7, 11) is 0. The molecule has 0 bridgehead atoms. The van der Waals surface area contributed by atoms with Gasteiger partial charge in [0.25, 0.3) is 0 Å². The van der Waals surface area contributed by atoms with Crippen molar-refractivity contribution in [3.63, 3.8) is 0 Å². The summed E-state index contributed by atoms with van der Waals surface area (Å²) in [6, 6.07) is 11.2. The van der Waals surface area contributed by atoms with Gasteiger partial charge < -0.3 is 18.9 Å². The van der Waals surface area contributed by atoms with Crippen molar-refractivity contribution in [3.8, 4) is 46.7 Å². The van der Waals surface area contributed by atoms with Crippen molar-refractivity contribution >= 4 is 0 Å². The van der Waals surface area contributed by atoms with Gasteiger partial charge in [-0.15, -0.1) is 0 Å². The molecule has 4 nitrogen and oxygen atoms in total. The van der Waals surface area contributed by atoms with E-state index in [1.165, 1.54) is 0 Å². The van der Waals surface area contributed by atoms with Crippen LogP contribution in [0.2, 0.25) is 0 Å². The van der Waals surface area contributed by atoms with Crippen LogP contribution in [0.5, 0.6) is 23.0 Å². The van der Waals surface area contributed by atoms with Crippen LogP contribution in [0.15, 0.2) is 48.6 Å². The number of benzene rings is 2. The third kappa shape index (κ3) is 2.99. The predicted octanol–water partition coefficient (Wildman–Crippen LogP) is 3.10. The molecule has 0 fully saturated rings. The summed E-state index contributed by atoms with van der Waals surface area (Å²) < 4.78 is 21.2. The summed E-state index contributed by atoms with van der Waals surface area (Å²) in [6.45, 7) is 0.531. The van der Waals surface area contributed by atoms with Crippen molar-refractivity contribution in [2.24, 2.45) is 0 Å². The Morgan fingerprint density at radius 1 is 0.625 bits per heavy atom. The molecule has 0 atom stereocenters. The van der Waals surface area contributed by atoms with Crippen molar-refractivity contribution in [2.75, 3.05) is 13.6 Å². The molecule has 2 aromatic rings. The van der Waals surface area contributed by atoms with Gasteiger partial charge in [-0.25, -0.2) is 0 Å². The van der Waals surface area contributed by atoms with Crippen LogP contribution in [-0.4, -0.2) is 13.6 Å². The van der Waals surface area contributed by atoms with Gasteiger partial charge in [-0.3, -0.25) is 0 Å². The minimum atomic E-state index is 0.265. The smallest absolute Gasteiger partial charge is 0.231 e. The summed E-state index contributed by atoms with van der Waals surface area (Å²) in [4.78, 5) is 0. The molecular formula is C20H12O4. The molecule has 2 aliphatic heterocycles. The molecule has 0 radical (unpaired) electrons. The van der Waals surface area contributed by atoms with Gasteiger partial charge in [0.05, 0.1) is 0 Å². The molecule has 0 spiro atoms. The number of ether oxygens (including phenoxy) is 4. The first kappa shape index (κ1) is 14.1. The van der Waals surface area contributed by atoms with Crippen molar-refractivity contribution in [1.82, 2.24) is 0 Å². The Labute approximate surface area is 139 Å². The van der Waals surface area contributed by atoms with Gasteiger partial charge >= 0.3 is 0 Å². The number of hydrogen-bond donors (Lipinski definition) is 0. The van der Waals surface area contributed by atoms with E-state index >= 15 is 0 Å². The monoisotopic (exact) mass is 316 g/mol. The zero-order chi connectivity index (χ0) is 16.2. The van der Waals surface area contributed by atoms with E-state index < -0.39 is 0 Å². The largest absolute Gasteiger partial charge is 0.454 e. The first-order valence-electron chi connectivity index (χ1n) is 7.36. The third-order valence-electron chi connectivity index (χ3n) is 3.43. The molecule has 4 rings (SSSR count). The first-order chi connectivity index (χ1) is 11.9. The summed E-state index contributed by atoms with van der Waals surface area (Å²) in [6.07, 6.45) is 3.43. The highest BCUT2D eigenvalue weighted by atomic mass is 16.7. The van der Waals surface area contributed by atoms with Crippen LogP contribution < -0.4 is 18.9 Å². The van der Waals surface area contributed by atoms with E-state index in [1.54, 1.807) is 12.2 Å². The molecule has 4 heteroatoms. The fraction of sp³-hybridized carbons (Fsp3) is 0.100. The molecule has 0 saturated heterocycles. The van der Waals surface area contributed by atoms with E-state index in [-0.39, 0.29) is 13.6 Å². The summed E-state index contributed by atoms with van der Waals surface area (Å²) >= 11 is 0. The zero-order valence-corrected chi connectivity index (χ0v) is 12.7. The summed E-state index contributed by atoms with van der Waals surface area (Å²) in [5.74, 6) is 14.9. The average molecular weight is 316 g/mol. The Balaban J connectivity index is 1.40. The van der Waals surface area contributed by atoms with E-state index in [1.807, 2.05) is 36.4 Å². The minimum Gasteiger partial charge on any atom is -0.454 e. The van der Waals surface area contributed by atoms with Crippen LogP contribution >= 0.6 is 0 Å². The highest BCUT2D eigenvalue weighted by Crippen LogP contribution is 2.32. The Kier molecular flexibility index (Phi) is 3.72. The Morgan fingerprint density at radius 3 is 1.58 bits per heavy atom. The molecule has 2 heterocycles. The predicted molar refractivity (Wildman–Crippen MR) is 88.0 cm³/mol. The van der Waals surface area contributed by atoms with Crippen molar-refractivity contribution < 1.29 is 18.9 Å². The summed E-state index contributed by atoms with van der Waals surface area (Å²) in [5.41, 5.74) is 1.74. The van der Waals surface area contributed by atoms with Gasteiger partial charge in [0.15, 0.2) is 23.0 Å².